The summed E-state index contributed by atoms with van der Waals surface area (Å²) in [5.41, 5.74) is 0. The quantitative estimate of drug-likeness (QED) is 0.0345. The van der Waals surface area contributed by atoms with Gasteiger partial charge in [-0.25, -0.2) is 0 Å². The maximum atomic E-state index is 12.9. The fourth-order valence-corrected chi connectivity index (χ4v) is 7.65. The summed E-state index contributed by atoms with van der Waals surface area (Å²) in [5, 5.41) is 0. The summed E-state index contributed by atoms with van der Waals surface area (Å²) >= 11 is 0. The van der Waals surface area contributed by atoms with Gasteiger partial charge in [-0.2, -0.15) is 0 Å². The minimum absolute atomic E-state index is 0.0475. The molecule has 0 aliphatic rings. The zero-order chi connectivity index (χ0) is 50.6. The van der Waals surface area contributed by atoms with Crippen molar-refractivity contribution in [1.29, 1.82) is 0 Å². The number of hydrogen-bond donors (Lipinski definition) is 0. The van der Waals surface area contributed by atoms with Crippen LogP contribution in [0.25, 0.3) is 0 Å². The summed E-state index contributed by atoms with van der Waals surface area (Å²) in [5.74, 6) is -0.453. The van der Waals surface area contributed by atoms with Crippen LogP contribution in [0.4, 0.5) is 0 Å². The summed E-state index contributed by atoms with van der Waals surface area (Å²) in [6, 6.07) is 0. The molecule has 0 spiro atoms. The smallest absolute Gasteiger partial charge is 0.306 e. The van der Waals surface area contributed by atoms with Crippen molar-refractivity contribution >= 4 is 11.9 Å². The van der Waals surface area contributed by atoms with Gasteiger partial charge in [-0.05, 0) is 128 Å². The van der Waals surface area contributed by atoms with Crippen LogP contribution in [0.2, 0.25) is 0 Å². The Morgan fingerprint density at radius 2 is 0.643 bits per heavy atom. The van der Waals surface area contributed by atoms with Gasteiger partial charge < -0.3 is 14.2 Å². The van der Waals surface area contributed by atoms with Gasteiger partial charge in [-0.15, -0.1) is 0 Å². The van der Waals surface area contributed by atoms with E-state index >= 15 is 0 Å². The normalized spacial score (nSPS) is 13.1. The lowest BCUT2D eigenvalue weighted by Gasteiger charge is -2.18. The lowest BCUT2D eigenvalue weighted by atomic mass is 10.1. The highest BCUT2D eigenvalue weighted by atomic mass is 16.6. The van der Waals surface area contributed by atoms with Gasteiger partial charge in [0.2, 0.25) is 0 Å². The van der Waals surface area contributed by atoms with Crippen LogP contribution in [0.3, 0.4) is 0 Å². The second kappa shape index (κ2) is 59.6. The molecule has 0 aliphatic carbocycles. The average Bonchev–Trinajstić information content (AvgIpc) is 3.36. The highest BCUT2D eigenvalue weighted by Gasteiger charge is 2.17. The van der Waals surface area contributed by atoms with Crippen molar-refractivity contribution in [3.05, 3.63) is 122 Å². The van der Waals surface area contributed by atoms with E-state index in [-0.39, 0.29) is 25.2 Å². The Labute approximate surface area is 433 Å². The Hall–Kier alpha value is -3.70. The predicted octanol–water partition coefficient (Wildman–Crippen LogP) is 20.1. The standard InChI is InChI=1S/C65H108O5/c1-4-7-10-13-16-19-22-25-28-30-32-34-36-39-42-45-48-51-54-57-60-68-61-63(70-65(67)59-56-53-50-47-44-41-37-27-24-21-18-15-12-9-6-3)62-69-64(66)58-55-52-49-46-43-40-38-35-33-31-29-26-23-20-17-14-11-8-5-2/h7,10,16-21,25-29,32,34,37,39,42,48,51,63H,4-6,8-9,11-15,22-24,30-31,33,35-36,38,40-41,43-47,49-50,52-62H2,1-3H3/b10-7-,19-16-,20-17-,21-18-,28-25-,29-26-,34-32-,37-27-,42-39-,51-48-. The first-order valence-electron chi connectivity index (χ1n) is 29.1. The highest BCUT2D eigenvalue weighted by molar-refractivity contribution is 5.70. The predicted molar refractivity (Wildman–Crippen MR) is 306 cm³/mol. The zero-order valence-electron chi connectivity index (χ0n) is 45.7. The van der Waals surface area contributed by atoms with Gasteiger partial charge in [0.25, 0.3) is 0 Å². The first-order valence-corrected chi connectivity index (χ1v) is 29.1. The first kappa shape index (κ1) is 66.3. The van der Waals surface area contributed by atoms with Crippen molar-refractivity contribution in [2.75, 3.05) is 19.8 Å². The number of carbonyl (C=O) groups excluding carboxylic acids is 2. The number of rotatable bonds is 52. The maximum absolute atomic E-state index is 12.9. The second-order valence-corrected chi connectivity index (χ2v) is 18.8. The summed E-state index contributed by atoms with van der Waals surface area (Å²) in [6.45, 7) is 7.50. The topological polar surface area (TPSA) is 61.8 Å². The number of hydrogen-bond acceptors (Lipinski definition) is 5. The molecular weight excluding hydrogens is 861 g/mol. The average molecular weight is 970 g/mol. The van der Waals surface area contributed by atoms with Gasteiger partial charge in [-0.1, -0.05) is 232 Å². The highest BCUT2D eigenvalue weighted by Crippen LogP contribution is 2.14. The van der Waals surface area contributed by atoms with Crippen LogP contribution in [0.1, 0.15) is 252 Å². The van der Waals surface area contributed by atoms with Gasteiger partial charge in [0.15, 0.2) is 6.10 Å². The van der Waals surface area contributed by atoms with Crippen LogP contribution in [0.15, 0.2) is 122 Å². The van der Waals surface area contributed by atoms with E-state index in [1.54, 1.807) is 0 Å². The van der Waals surface area contributed by atoms with Gasteiger partial charge in [0.1, 0.15) is 6.61 Å². The fraction of sp³-hybridized carbons (Fsp3) is 0.662. The Bertz CT molecular complexity index is 1420. The maximum Gasteiger partial charge on any atom is 0.306 e. The van der Waals surface area contributed by atoms with E-state index < -0.39 is 6.10 Å². The lowest BCUT2D eigenvalue weighted by Crippen LogP contribution is -2.30. The van der Waals surface area contributed by atoms with Gasteiger partial charge in [0, 0.05) is 19.4 Å². The largest absolute Gasteiger partial charge is 0.462 e. The summed E-state index contributed by atoms with van der Waals surface area (Å²) < 4.78 is 17.4. The van der Waals surface area contributed by atoms with Gasteiger partial charge >= 0.3 is 11.9 Å². The summed E-state index contributed by atoms with van der Waals surface area (Å²) in [6.07, 6.45) is 83.7. The molecule has 0 aliphatic heterocycles. The van der Waals surface area contributed by atoms with Crippen molar-refractivity contribution < 1.29 is 23.8 Å². The van der Waals surface area contributed by atoms with E-state index in [9.17, 15) is 9.59 Å². The second-order valence-electron chi connectivity index (χ2n) is 18.8. The van der Waals surface area contributed by atoms with Crippen molar-refractivity contribution in [2.45, 2.75) is 258 Å². The molecule has 0 rings (SSSR count). The van der Waals surface area contributed by atoms with Crippen LogP contribution in [-0.4, -0.2) is 37.9 Å². The Morgan fingerprint density at radius 3 is 1.03 bits per heavy atom. The molecule has 0 aromatic heterocycles. The number of ether oxygens (including phenoxy) is 3. The number of allylic oxidation sites excluding steroid dienone is 20. The lowest BCUT2D eigenvalue weighted by molar-refractivity contribution is -0.163. The minimum Gasteiger partial charge on any atom is -0.462 e. The molecule has 0 aromatic carbocycles. The van der Waals surface area contributed by atoms with Gasteiger partial charge in [-0.3, -0.25) is 9.59 Å². The van der Waals surface area contributed by atoms with E-state index in [4.69, 9.17) is 14.2 Å². The Kier molecular flexibility index (Phi) is 56.5. The third kappa shape index (κ3) is 56.9. The number of esters is 2. The molecule has 0 heterocycles. The van der Waals surface area contributed by atoms with Gasteiger partial charge in [0.05, 0.1) is 6.61 Å². The first-order chi connectivity index (χ1) is 34.6. The molecule has 0 bridgehead atoms. The zero-order valence-corrected chi connectivity index (χ0v) is 45.7. The van der Waals surface area contributed by atoms with E-state index in [0.29, 0.717) is 19.4 Å². The van der Waals surface area contributed by atoms with Crippen molar-refractivity contribution in [2.24, 2.45) is 0 Å². The molecule has 70 heavy (non-hydrogen) atoms. The molecule has 0 N–H and O–H groups in total. The Balaban J connectivity index is 4.41. The summed E-state index contributed by atoms with van der Waals surface area (Å²) in [7, 11) is 0. The van der Waals surface area contributed by atoms with Crippen LogP contribution >= 0.6 is 0 Å². The molecule has 0 radical (unpaired) electrons. The fourth-order valence-electron chi connectivity index (χ4n) is 7.65. The molecule has 1 atom stereocenters. The minimum atomic E-state index is -0.585. The van der Waals surface area contributed by atoms with E-state index in [0.717, 1.165) is 109 Å². The van der Waals surface area contributed by atoms with E-state index in [1.807, 2.05) is 0 Å². The number of unbranched alkanes of at least 4 members (excludes halogenated alkanes) is 21. The third-order valence-electron chi connectivity index (χ3n) is 12.0. The van der Waals surface area contributed by atoms with Crippen molar-refractivity contribution in [3.63, 3.8) is 0 Å². The van der Waals surface area contributed by atoms with Crippen molar-refractivity contribution in [3.8, 4) is 0 Å². The molecule has 5 nitrogen and oxygen atoms in total. The molecule has 398 valence electrons. The summed E-state index contributed by atoms with van der Waals surface area (Å²) in [4.78, 5) is 25.5. The molecule has 0 saturated heterocycles. The molecule has 0 fully saturated rings. The number of carbonyl (C=O) groups is 2. The van der Waals surface area contributed by atoms with Crippen LogP contribution in [0, 0.1) is 0 Å². The van der Waals surface area contributed by atoms with Crippen LogP contribution in [-0.2, 0) is 23.8 Å². The van der Waals surface area contributed by atoms with E-state index in [2.05, 4.69) is 142 Å². The van der Waals surface area contributed by atoms with Crippen LogP contribution in [0.5, 0.6) is 0 Å². The molecule has 0 aromatic rings. The third-order valence-corrected chi connectivity index (χ3v) is 12.0. The molecule has 1 unspecified atom stereocenters. The molecule has 5 heteroatoms. The molecule has 0 amide bonds. The monoisotopic (exact) mass is 969 g/mol. The molecule has 0 saturated carbocycles. The Morgan fingerprint density at radius 1 is 0.329 bits per heavy atom. The SMILES string of the molecule is CC/C=C\C/C=C\C/C=C\C/C=C\C/C=C\C/C=C\CCCOCC(COC(=O)CCCCCCCCCCC/C=C\C/C=C\CCCCC)OC(=O)CCCCCCC/C=C\C/C=C\CCCCC. The molecular formula is C65H108O5. The van der Waals surface area contributed by atoms with Crippen LogP contribution < -0.4 is 0 Å². The van der Waals surface area contributed by atoms with E-state index in [1.165, 1.54) is 109 Å². The van der Waals surface area contributed by atoms with Crippen molar-refractivity contribution in [1.82, 2.24) is 0 Å².